The first-order valence-corrected chi connectivity index (χ1v) is 11.2. The average molecular weight is 409 g/mol. The fourth-order valence-corrected chi connectivity index (χ4v) is 5.01. The lowest BCUT2D eigenvalue weighted by molar-refractivity contribution is 0.0751. The molecule has 4 aliphatic rings. The van der Waals surface area contributed by atoms with Gasteiger partial charge in [-0.1, -0.05) is 0 Å². The van der Waals surface area contributed by atoms with E-state index in [9.17, 15) is 9.59 Å². The predicted molar refractivity (Wildman–Crippen MR) is 115 cm³/mol. The van der Waals surface area contributed by atoms with Crippen molar-refractivity contribution in [2.75, 3.05) is 46.3 Å². The Kier molecular flexibility index (Phi) is 6.63. The zero-order valence-corrected chi connectivity index (χ0v) is 18.9. The molecular weight excluding hydrogens is 368 g/mol. The molecule has 0 aliphatic carbocycles. The Hall–Kier alpha value is -1.54. The van der Waals surface area contributed by atoms with Crippen LogP contribution in [0.3, 0.4) is 0 Å². The standard InChI is InChI=1S/C11H21N3O.C10H19N3O/c1-9(2)14-6-4-11(5-7-14)8-12-10(15)13(11)3;1-8(2)13-5-3-10(4-6-13)7-11-9(14)12-10/h9H,4-8H2,1-3H3,(H,12,15);8H,3-7H2,1-2H3,(H2,11,12,14). The van der Waals surface area contributed by atoms with E-state index in [4.69, 9.17) is 0 Å². The maximum atomic E-state index is 11.5. The Balaban J connectivity index is 0.000000166. The van der Waals surface area contributed by atoms with Crippen molar-refractivity contribution in [2.24, 2.45) is 0 Å². The van der Waals surface area contributed by atoms with Crippen LogP contribution in [0.25, 0.3) is 0 Å². The Morgan fingerprint density at radius 2 is 1.31 bits per heavy atom. The largest absolute Gasteiger partial charge is 0.336 e. The number of hydrogen-bond donors (Lipinski definition) is 3. The van der Waals surface area contributed by atoms with Crippen molar-refractivity contribution < 1.29 is 9.59 Å². The molecule has 0 atom stereocenters. The minimum Gasteiger partial charge on any atom is -0.336 e. The number of nitrogens with zero attached hydrogens (tertiary/aromatic N) is 3. The van der Waals surface area contributed by atoms with Gasteiger partial charge in [-0.05, 0) is 53.4 Å². The van der Waals surface area contributed by atoms with E-state index in [0.29, 0.717) is 12.1 Å². The maximum Gasteiger partial charge on any atom is 0.317 e. The third-order valence-electron chi connectivity index (χ3n) is 7.50. The summed E-state index contributed by atoms with van der Waals surface area (Å²) in [7, 11) is 1.92. The quantitative estimate of drug-likeness (QED) is 0.646. The number of likely N-dealkylation sites (tertiary alicyclic amines) is 2. The van der Waals surface area contributed by atoms with Crippen molar-refractivity contribution in [3.63, 3.8) is 0 Å². The Labute approximate surface area is 175 Å². The van der Waals surface area contributed by atoms with E-state index in [0.717, 1.165) is 65.0 Å². The number of urea groups is 2. The zero-order valence-electron chi connectivity index (χ0n) is 18.9. The molecule has 8 nitrogen and oxygen atoms in total. The van der Waals surface area contributed by atoms with Crippen molar-refractivity contribution in [1.29, 1.82) is 0 Å². The lowest BCUT2D eigenvalue weighted by Crippen LogP contribution is -2.54. The van der Waals surface area contributed by atoms with Gasteiger partial charge in [0.25, 0.3) is 0 Å². The van der Waals surface area contributed by atoms with Crippen molar-refractivity contribution >= 4 is 12.1 Å². The number of likely N-dealkylation sites (N-methyl/N-ethyl adjacent to an activating group) is 1. The minimum atomic E-state index is 0.00277. The number of hydrogen-bond acceptors (Lipinski definition) is 4. The van der Waals surface area contributed by atoms with Gasteiger partial charge in [0.2, 0.25) is 0 Å². The van der Waals surface area contributed by atoms with Gasteiger partial charge < -0.3 is 30.7 Å². The Morgan fingerprint density at radius 3 is 1.69 bits per heavy atom. The molecule has 0 aromatic rings. The van der Waals surface area contributed by atoms with Gasteiger partial charge in [-0.3, -0.25) is 0 Å². The van der Waals surface area contributed by atoms with Crippen LogP contribution in [0.1, 0.15) is 53.4 Å². The van der Waals surface area contributed by atoms with Gasteiger partial charge in [0.1, 0.15) is 0 Å². The van der Waals surface area contributed by atoms with Crippen LogP contribution in [0, 0.1) is 0 Å². The SMILES string of the molecule is CC(C)N1CCC2(CC1)CNC(=O)N2.CC(C)N1CCC2(CC1)CNC(=O)N2C. The highest BCUT2D eigenvalue weighted by Crippen LogP contribution is 2.31. The lowest BCUT2D eigenvalue weighted by atomic mass is 9.87. The van der Waals surface area contributed by atoms with Crippen LogP contribution >= 0.6 is 0 Å². The second kappa shape index (κ2) is 8.68. The highest BCUT2D eigenvalue weighted by atomic mass is 16.2. The summed E-state index contributed by atoms with van der Waals surface area (Å²) in [4.78, 5) is 29.4. The van der Waals surface area contributed by atoms with Crippen LogP contribution in [0.15, 0.2) is 0 Å². The molecule has 0 saturated carbocycles. The van der Waals surface area contributed by atoms with Crippen LogP contribution in [0.5, 0.6) is 0 Å². The van der Waals surface area contributed by atoms with Crippen LogP contribution in [-0.2, 0) is 0 Å². The van der Waals surface area contributed by atoms with Gasteiger partial charge in [-0.25, -0.2) is 9.59 Å². The molecule has 4 saturated heterocycles. The van der Waals surface area contributed by atoms with Crippen LogP contribution in [0.2, 0.25) is 0 Å². The summed E-state index contributed by atoms with van der Waals surface area (Å²) in [5.41, 5.74) is 0.158. The van der Waals surface area contributed by atoms with Gasteiger partial charge in [0, 0.05) is 58.4 Å². The summed E-state index contributed by atoms with van der Waals surface area (Å²) in [6.45, 7) is 15.0. The first-order chi connectivity index (χ1) is 13.7. The second-order valence-corrected chi connectivity index (χ2v) is 9.79. The van der Waals surface area contributed by atoms with Crippen molar-refractivity contribution in [2.45, 2.75) is 76.5 Å². The van der Waals surface area contributed by atoms with E-state index in [2.05, 4.69) is 53.4 Å². The van der Waals surface area contributed by atoms with E-state index < -0.39 is 0 Å². The monoisotopic (exact) mass is 408 g/mol. The molecule has 2 spiro atoms. The highest BCUT2D eigenvalue weighted by Gasteiger charge is 2.45. The summed E-state index contributed by atoms with van der Waals surface area (Å²) in [5, 5.41) is 8.85. The highest BCUT2D eigenvalue weighted by molar-refractivity contribution is 5.78. The number of carbonyl (C=O) groups excluding carboxylic acids is 2. The van der Waals surface area contributed by atoms with Crippen molar-refractivity contribution in [3.05, 3.63) is 0 Å². The summed E-state index contributed by atoms with van der Waals surface area (Å²) >= 11 is 0. The third kappa shape index (κ3) is 4.79. The topological polar surface area (TPSA) is 80.0 Å². The molecule has 4 rings (SSSR count). The van der Waals surface area contributed by atoms with E-state index in [-0.39, 0.29) is 23.1 Å². The fourth-order valence-electron chi connectivity index (χ4n) is 5.01. The summed E-state index contributed by atoms with van der Waals surface area (Å²) < 4.78 is 0. The van der Waals surface area contributed by atoms with Gasteiger partial charge in [-0.2, -0.15) is 0 Å². The normalized spacial score (nSPS) is 26.5. The Morgan fingerprint density at radius 1 is 0.793 bits per heavy atom. The number of nitrogens with one attached hydrogen (secondary N) is 3. The molecule has 29 heavy (non-hydrogen) atoms. The first kappa shape index (κ1) is 22.2. The maximum absolute atomic E-state index is 11.5. The van der Waals surface area contributed by atoms with Crippen LogP contribution in [-0.4, -0.2) is 96.2 Å². The lowest BCUT2D eigenvalue weighted by Gasteiger charge is -2.43. The second-order valence-electron chi connectivity index (χ2n) is 9.79. The first-order valence-electron chi connectivity index (χ1n) is 11.2. The summed E-state index contributed by atoms with van der Waals surface area (Å²) in [5.74, 6) is 0. The molecule has 166 valence electrons. The van der Waals surface area contributed by atoms with Gasteiger partial charge in [0.05, 0.1) is 11.1 Å². The van der Waals surface area contributed by atoms with Gasteiger partial charge in [-0.15, -0.1) is 0 Å². The Bertz CT molecular complexity index is 592. The molecule has 0 aromatic carbocycles. The molecule has 4 amide bonds. The number of rotatable bonds is 2. The smallest absolute Gasteiger partial charge is 0.317 e. The van der Waals surface area contributed by atoms with E-state index >= 15 is 0 Å². The number of piperidine rings is 2. The molecule has 3 N–H and O–H groups in total. The van der Waals surface area contributed by atoms with E-state index in [1.54, 1.807) is 0 Å². The van der Waals surface area contributed by atoms with Gasteiger partial charge in [0.15, 0.2) is 0 Å². The zero-order chi connectivity index (χ0) is 21.2. The van der Waals surface area contributed by atoms with Crippen molar-refractivity contribution in [1.82, 2.24) is 30.7 Å². The summed E-state index contributed by atoms with van der Waals surface area (Å²) in [6, 6.07) is 1.34. The van der Waals surface area contributed by atoms with E-state index in [1.165, 1.54) is 0 Å². The van der Waals surface area contributed by atoms with E-state index in [1.807, 2.05) is 11.9 Å². The fraction of sp³-hybridized carbons (Fsp3) is 0.905. The molecule has 4 aliphatic heterocycles. The molecule has 0 radical (unpaired) electrons. The molecule has 0 bridgehead atoms. The summed E-state index contributed by atoms with van der Waals surface area (Å²) in [6.07, 6.45) is 4.34. The predicted octanol–water partition coefficient (Wildman–Crippen LogP) is 1.43. The van der Waals surface area contributed by atoms with Gasteiger partial charge >= 0.3 is 12.1 Å². The number of amides is 4. The minimum absolute atomic E-state index is 0.00277. The molecule has 0 unspecified atom stereocenters. The van der Waals surface area contributed by atoms with Crippen LogP contribution < -0.4 is 16.0 Å². The third-order valence-corrected chi connectivity index (χ3v) is 7.50. The molecule has 4 heterocycles. The molecule has 8 heteroatoms. The van der Waals surface area contributed by atoms with Crippen LogP contribution in [0.4, 0.5) is 9.59 Å². The molecule has 0 aromatic heterocycles. The average Bonchev–Trinajstić information content (AvgIpc) is 3.18. The van der Waals surface area contributed by atoms with Crippen molar-refractivity contribution in [3.8, 4) is 0 Å². The molecule has 4 fully saturated rings. The number of carbonyl (C=O) groups is 2. The molecular formula is C21H40N6O2.